The molecule has 18 heavy (non-hydrogen) atoms. The molecule has 0 spiro atoms. The number of aromatic nitrogens is 2. The molecule has 1 aromatic heterocycles. The van der Waals surface area contributed by atoms with Crippen molar-refractivity contribution in [2.24, 2.45) is 0 Å². The van der Waals surface area contributed by atoms with Crippen molar-refractivity contribution in [1.29, 1.82) is 0 Å². The van der Waals surface area contributed by atoms with Crippen molar-refractivity contribution in [3.05, 3.63) is 47.3 Å². The molecule has 0 saturated heterocycles. The van der Waals surface area contributed by atoms with E-state index >= 15 is 0 Å². The van der Waals surface area contributed by atoms with E-state index in [0.717, 1.165) is 11.6 Å². The van der Waals surface area contributed by atoms with Gasteiger partial charge < -0.3 is 5.32 Å². The number of benzene rings is 1. The molecule has 1 heterocycles. The molecule has 94 valence electrons. The molecule has 2 aromatic rings. The monoisotopic (exact) mass is 259 g/mol. The maximum absolute atomic E-state index is 4.38. The molecule has 3 rings (SSSR count). The molecule has 0 radical (unpaired) electrons. The molecule has 1 N–H and O–H groups in total. The van der Waals surface area contributed by atoms with Gasteiger partial charge in [-0.3, -0.25) is 0 Å². The van der Waals surface area contributed by atoms with Crippen molar-refractivity contribution in [3.63, 3.8) is 0 Å². The standard InChI is InChI=1S/C14H17N3S/c1-15-14(13-9-16-18-17-13)12-8-3-2-7-11(12)10-5-4-6-10/h2-3,7-10,14-15H,4-6H2,1H3. The normalized spacial score (nSPS) is 17.4. The fraction of sp³-hybridized carbons (Fsp3) is 0.429. The van der Waals surface area contributed by atoms with Crippen LogP contribution in [0.2, 0.25) is 0 Å². The van der Waals surface area contributed by atoms with Crippen molar-refractivity contribution >= 4 is 11.7 Å². The fourth-order valence-electron chi connectivity index (χ4n) is 2.63. The Morgan fingerprint density at radius 3 is 2.78 bits per heavy atom. The molecule has 1 saturated carbocycles. The summed E-state index contributed by atoms with van der Waals surface area (Å²) >= 11 is 1.27. The first-order valence-corrected chi connectivity index (χ1v) is 7.16. The predicted octanol–water partition coefficient (Wildman–Crippen LogP) is 3.11. The van der Waals surface area contributed by atoms with Gasteiger partial charge in [0.05, 0.1) is 29.7 Å². The van der Waals surface area contributed by atoms with Crippen LogP contribution in [-0.4, -0.2) is 15.8 Å². The number of rotatable bonds is 4. The quantitative estimate of drug-likeness (QED) is 0.916. The second-order valence-corrected chi connectivity index (χ2v) is 5.37. The van der Waals surface area contributed by atoms with E-state index in [2.05, 4.69) is 38.3 Å². The van der Waals surface area contributed by atoms with E-state index in [9.17, 15) is 0 Å². The highest BCUT2D eigenvalue weighted by Gasteiger charge is 2.25. The molecule has 0 bridgehead atoms. The molecule has 1 aliphatic rings. The Kier molecular flexibility index (Phi) is 3.39. The maximum atomic E-state index is 4.38. The second-order valence-electron chi connectivity index (χ2n) is 4.81. The molecule has 4 heteroatoms. The highest BCUT2D eigenvalue weighted by atomic mass is 32.1. The molecule has 0 amide bonds. The Morgan fingerprint density at radius 2 is 2.17 bits per heavy atom. The van der Waals surface area contributed by atoms with Crippen molar-refractivity contribution in [1.82, 2.24) is 14.1 Å². The van der Waals surface area contributed by atoms with Gasteiger partial charge in [-0.2, -0.15) is 8.75 Å². The van der Waals surface area contributed by atoms with E-state index in [1.807, 2.05) is 13.2 Å². The molecular formula is C14H17N3S. The van der Waals surface area contributed by atoms with Crippen LogP contribution >= 0.6 is 11.7 Å². The van der Waals surface area contributed by atoms with Crippen LogP contribution in [0.3, 0.4) is 0 Å². The average molecular weight is 259 g/mol. The number of nitrogens with one attached hydrogen (secondary N) is 1. The van der Waals surface area contributed by atoms with Crippen molar-refractivity contribution < 1.29 is 0 Å². The third-order valence-electron chi connectivity index (χ3n) is 3.81. The summed E-state index contributed by atoms with van der Waals surface area (Å²) in [4.78, 5) is 0. The molecule has 1 unspecified atom stereocenters. The van der Waals surface area contributed by atoms with Crippen molar-refractivity contribution in [3.8, 4) is 0 Å². The highest BCUT2D eigenvalue weighted by molar-refractivity contribution is 6.99. The number of nitrogens with zero attached hydrogens (tertiary/aromatic N) is 2. The van der Waals surface area contributed by atoms with E-state index in [1.165, 1.54) is 42.1 Å². The van der Waals surface area contributed by atoms with Crippen molar-refractivity contribution in [2.45, 2.75) is 31.2 Å². The summed E-state index contributed by atoms with van der Waals surface area (Å²) in [6, 6.07) is 8.91. The summed E-state index contributed by atoms with van der Waals surface area (Å²) in [7, 11) is 1.99. The smallest absolute Gasteiger partial charge is 0.0957 e. The van der Waals surface area contributed by atoms with Crippen LogP contribution in [0.5, 0.6) is 0 Å². The summed E-state index contributed by atoms with van der Waals surface area (Å²) in [5.41, 5.74) is 3.86. The van der Waals surface area contributed by atoms with Gasteiger partial charge in [-0.05, 0) is 36.9 Å². The average Bonchev–Trinajstić information content (AvgIpc) is 2.84. The van der Waals surface area contributed by atoms with Gasteiger partial charge in [0, 0.05) is 0 Å². The minimum absolute atomic E-state index is 0.167. The predicted molar refractivity (Wildman–Crippen MR) is 73.8 cm³/mol. The SMILES string of the molecule is CNC(c1cnsn1)c1ccccc1C1CCC1. The van der Waals surface area contributed by atoms with Gasteiger partial charge in [-0.1, -0.05) is 30.7 Å². The Hall–Kier alpha value is -1.26. The lowest BCUT2D eigenvalue weighted by molar-refractivity contribution is 0.415. The molecule has 1 atom stereocenters. The van der Waals surface area contributed by atoms with Crippen LogP contribution in [0.25, 0.3) is 0 Å². The van der Waals surface area contributed by atoms with Crippen LogP contribution in [-0.2, 0) is 0 Å². The summed E-state index contributed by atoms with van der Waals surface area (Å²) in [6.45, 7) is 0. The third-order valence-corrected chi connectivity index (χ3v) is 4.31. The van der Waals surface area contributed by atoms with Gasteiger partial charge in [0.15, 0.2) is 0 Å². The van der Waals surface area contributed by atoms with Gasteiger partial charge in [0.1, 0.15) is 0 Å². The Bertz CT molecular complexity index is 506. The first kappa shape index (κ1) is 11.8. The lowest BCUT2D eigenvalue weighted by atomic mass is 9.77. The van der Waals surface area contributed by atoms with Gasteiger partial charge in [-0.25, -0.2) is 0 Å². The van der Waals surface area contributed by atoms with Crippen LogP contribution in [0.15, 0.2) is 30.5 Å². The minimum atomic E-state index is 0.167. The first-order valence-electron chi connectivity index (χ1n) is 6.43. The number of hydrogen-bond donors (Lipinski definition) is 1. The van der Waals surface area contributed by atoms with E-state index in [-0.39, 0.29) is 6.04 Å². The number of hydrogen-bond acceptors (Lipinski definition) is 4. The molecule has 3 nitrogen and oxygen atoms in total. The molecule has 1 aliphatic carbocycles. The summed E-state index contributed by atoms with van der Waals surface area (Å²) in [5, 5.41) is 3.37. The molecule has 0 aliphatic heterocycles. The lowest BCUT2D eigenvalue weighted by Gasteiger charge is -2.30. The van der Waals surface area contributed by atoms with Gasteiger partial charge in [0.2, 0.25) is 0 Å². The van der Waals surface area contributed by atoms with Gasteiger partial charge >= 0.3 is 0 Å². The van der Waals surface area contributed by atoms with E-state index in [0.29, 0.717) is 0 Å². The fourth-order valence-corrected chi connectivity index (χ4v) is 3.08. The van der Waals surface area contributed by atoms with Gasteiger partial charge in [0.25, 0.3) is 0 Å². The zero-order chi connectivity index (χ0) is 12.4. The van der Waals surface area contributed by atoms with Crippen LogP contribution < -0.4 is 5.32 Å². The molecule has 1 aromatic carbocycles. The third kappa shape index (κ3) is 2.06. The molecule has 1 fully saturated rings. The van der Waals surface area contributed by atoms with E-state index in [4.69, 9.17) is 0 Å². The Morgan fingerprint density at radius 1 is 1.33 bits per heavy atom. The van der Waals surface area contributed by atoms with Gasteiger partial charge in [-0.15, -0.1) is 0 Å². The van der Waals surface area contributed by atoms with E-state index < -0.39 is 0 Å². The van der Waals surface area contributed by atoms with Crippen LogP contribution in [0, 0.1) is 0 Å². The zero-order valence-electron chi connectivity index (χ0n) is 10.5. The zero-order valence-corrected chi connectivity index (χ0v) is 11.3. The minimum Gasteiger partial charge on any atom is -0.308 e. The largest absolute Gasteiger partial charge is 0.308 e. The highest BCUT2D eigenvalue weighted by Crippen LogP contribution is 2.40. The summed E-state index contributed by atoms with van der Waals surface area (Å²) < 4.78 is 8.49. The lowest BCUT2D eigenvalue weighted by Crippen LogP contribution is -2.21. The molecular weight excluding hydrogens is 242 g/mol. The maximum Gasteiger partial charge on any atom is 0.0957 e. The topological polar surface area (TPSA) is 37.8 Å². The second kappa shape index (κ2) is 5.16. The van der Waals surface area contributed by atoms with Crippen LogP contribution in [0.4, 0.5) is 0 Å². The Balaban J connectivity index is 1.99. The summed E-state index contributed by atoms with van der Waals surface area (Å²) in [6.07, 6.45) is 5.87. The van der Waals surface area contributed by atoms with Crippen molar-refractivity contribution in [2.75, 3.05) is 7.05 Å². The van der Waals surface area contributed by atoms with Crippen LogP contribution in [0.1, 0.15) is 48.0 Å². The Labute approximate surface area is 112 Å². The summed E-state index contributed by atoms with van der Waals surface area (Å²) in [5.74, 6) is 0.739. The first-order chi connectivity index (χ1) is 8.90. The van der Waals surface area contributed by atoms with E-state index in [1.54, 1.807) is 0 Å².